The highest BCUT2D eigenvalue weighted by molar-refractivity contribution is 5.74. The average Bonchev–Trinajstić information content (AvgIpc) is 2.63. The van der Waals surface area contributed by atoms with Crippen molar-refractivity contribution in [3.8, 4) is 0 Å². The van der Waals surface area contributed by atoms with E-state index in [2.05, 4.69) is 9.97 Å². The Kier molecular flexibility index (Phi) is 6.15. The molecule has 3 unspecified atom stereocenters. The molecular formula is C17H23F3N4O3. The van der Waals surface area contributed by atoms with Gasteiger partial charge in [-0.2, -0.15) is 13.2 Å². The molecule has 2 fully saturated rings. The molecule has 0 saturated carbocycles. The van der Waals surface area contributed by atoms with Crippen LogP contribution in [-0.4, -0.2) is 48.0 Å². The Morgan fingerprint density at radius 3 is 2.63 bits per heavy atom. The first-order chi connectivity index (χ1) is 12.8. The van der Waals surface area contributed by atoms with Gasteiger partial charge in [0.2, 0.25) is 11.9 Å². The number of hydrogen-bond donors (Lipinski definition) is 1. The van der Waals surface area contributed by atoms with Gasteiger partial charge in [0, 0.05) is 38.5 Å². The van der Waals surface area contributed by atoms with Gasteiger partial charge >= 0.3 is 6.18 Å². The van der Waals surface area contributed by atoms with E-state index in [0.29, 0.717) is 26.1 Å². The van der Waals surface area contributed by atoms with Crippen LogP contribution in [0.3, 0.4) is 0 Å². The zero-order valence-corrected chi connectivity index (χ0v) is 14.8. The molecule has 1 aromatic rings. The number of carbonyl (C=O) groups is 1. The van der Waals surface area contributed by atoms with Crippen molar-refractivity contribution in [2.45, 2.75) is 50.7 Å². The van der Waals surface area contributed by atoms with Crippen LogP contribution in [-0.2, 0) is 20.4 Å². The van der Waals surface area contributed by atoms with E-state index >= 15 is 0 Å². The van der Waals surface area contributed by atoms with Crippen molar-refractivity contribution in [3.63, 3.8) is 0 Å². The fraction of sp³-hybridized carbons (Fsp3) is 0.706. The van der Waals surface area contributed by atoms with E-state index < -0.39 is 17.6 Å². The van der Waals surface area contributed by atoms with Gasteiger partial charge in [0.1, 0.15) is 0 Å². The highest BCUT2D eigenvalue weighted by Crippen LogP contribution is 2.31. The number of rotatable bonds is 5. The number of primary amides is 1. The molecule has 1 aromatic heterocycles. The molecule has 0 radical (unpaired) electrons. The van der Waals surface area contributed by atoms with E-state index in [0.717, 1.165) is 31.7 Å². The summed E-state index contributed by atoms with van der Waals surface area (Å²) in [6.45, 7) is 1.50. The molecule has 2 aliphatic rings. The standard InChI is InChI=1S/C17H23F3N4O3/c18-17(19,20)12-8-22-16(23-9-12)24-5-4-11(7-14(21)25)13(10-24)27-15-3-1-2-6-26-15/h8-9,11,13,15H,1-7,10H2,(H2,21,25). The van der Waals surface area contributed by atoms with Gasteiger partial charge in [0.15, 0.2) is 6.29 Å². The molecule has 150 valence electrons. The zero-order chi connectivity index (χ0) is 19.4. The highest BCUT2D eigenvalue weighted by Gasteiger charge is 2.35. The third kappa shape index (κ3) is 5.29. The van der Waals surface area contributed by atoms with E-state index in [1.807, 2.05) is 0 Å². The van der Waals surface area contributed by atoms with Crippen LogP contribution < -0.4 is 10.6 Å². The lowest BCUT2D eigenvalue weighted by Gasteiger charge is -2.40. The lowest BCUT2D eigenvalue weighted by atomic mass is 9.90. The Balaban J connectivity index is 1.69. The van der Waals surface area contributed by atoms with Crippen LogP contribution in [0.15, 0.2) is 12.4 Å². The lowest BCUT2D eigenvalue weighted by molar-refractivity contribution is -0.199. The van der Waals surface area contributed by atoms with Gasteiger partial charge < -0.3 is 20.1 Å². The Morgan fingerprint density at radius 1 is 1.30 bits per heavy atom. The van der Waals surface area contributed by atoms with Crippen molar-refractivity contribution in [3.05, 3.63) is 18.0 Å². The minimum Gasteiger partial charge on any atom is -0.370 e. The smallest absolute Gasteiger partial charge is 0.370 e. The van der Waals surface area contributed by atoms with Crippen molar-refractivity contribution in [1.82, 2.24) is 9.97 Å². The van der Waals surface area contributed by atoms with Gasteiger partial charge in [0.25, 0.3) is 0 Å². The van der Waals surface area contributed by atoms with Gasteiger partial charge in [-0.15, -0.1) is 0 Å². The van der Waals surface area contributed by atoms with Crippen LogP contribution in [0.1, 0.15) is 37.7 Å². The molecule has 27 heavy (non-hydrogen) atoms. The number of halogens is 3. The first kappa shape index (κ1) is 19.8. The predicted molar refractivity (Wildman–Crippen MR) is 89.6 cm³/mol. The van der Waals surface area contributed by atoms with E-state index in [4.69, 9.17) is 15.2 Å². The molecule has 0 bridgehead atoms. The van der Waals surface area contributed by atoms with E-state index in [1.54, 1.807) is 4.90 Å². The summed E-state index contributed by atoms with van der Waals surface area (Å²) in [6.07, 6.45) is -0.0368. The Morgan fingerprint density at radius 2 is 2.04 bits per heavy atom. The summed E-state index contributed by atoms with van der Waals surface area (Å²) >= 11 is 0. The summed E-state index contributed by atoms with van der Waals surface area (Å²) in [5.74, 6) is -0.269. The van der Waals surface area contributed by atoms with Gasteiger partial charge in [0.05, 0.1) is 11.7 Å². The lowest BCUT2D eigenvalue weighted by Crippen LogP contribution is -2.48. The number of nitrogens with zero attached hydrogens (tertiary/aromatic N) is 3. The molecule has 3 atom stereocenters. The van der Waals surface area contributed by atoms with Crippen molar-refractivity contribution in [1.29, 1.82) is 0 Å². The maximum absolute atomic E-state index is 12.7. The van der Waals surface area contributed by atoms with Crippen molar-refractivity contribution in [2.24, 2.45) is 11.7 Å². The van der Waals surface area contributed by atoms with Crippen molar-refractivity contribution >= 4 is 11.9 Å². The number of ether oxygens (including phenoxy) is 2. The maximum Gasteiger partial charge on any atom is 0.419 e. The normalized spacial score (nSPS) is 26.8. The molecule has 0 aromatic carbocycles. The second-order valence-electron chi connectivity index (χ2n) is 6.91. The summed E-state index contributed by atoms with van der Waals surface area (Å²) in [6, 6.07) is 0. The Bertz CT molecular complexity index is 635. The zero-order valence-electron chi connectivity index (χ0n) is 14.8. The van der Waals surface area contributed by atoms with Crippen molar-refractivity contribution in [2.75, 3.05) is 24.6 Å². The fourth-order valence-corrected chi connectivity index (χ4v) is 3.44. The number of amides is 1. The molecule has 3 rings (SSSR count). The maximum atomic E-state index is 12.7. The third-order valence-electron chi connectivity index (χ3n) is 4.87. The SMILES string of the molecule is NC(=O)CC1CCN(c2ncc(C(F)(F)F)cn2)CC1OC1CCCCO1. The molecule has 0 spiro atoms. The number of carbonyl (C=O) groups excluding carboxylic acids is 1. The number of nitrogens with two attached hydrogens (primary N) is 1. The monoisotopic (exact) mass is 388 g/mol. The molecule has 7 nitrogen and oxygen atoms in total. The van der Waals surface area contributed by atoms with Crippen LogP contribution in [0.5, 0.6) is 0 Å². The molecule has 0 aliphatic carbocycles. The van der Waals surface area contributed by atoms with Gasteiger partial charge in [-0.25, -0.2) is 9.97 Å². The second-order valence-corrected chi connectivity index (χ2v) is 6.91. The van der Waals surface area contributed by atoms with Crippen molar-refractivity contribution < 1.29 is 27.4 Å². The van der Waals surface area contributed by atoms with Gasteiger partial charge in [-0.1, -0.05) is 0 Å². The summed E-state index contributed by atoms with van der Waals surface area (Å²) < 4.78 is 49.7. The first-order valence-electron chi connectivity index (χ1n) is 9.02. The predicted octanol–water partition coefficient (Wildman–Crippen LogP) is 2.11. The average molecular weight is 388 g/mol. The molecule has 2 aliphatic heterocycles. The number of aromatic nitrogens is 2. The number of anilines is 1. The van der Waals surface area contributed by atoms with E-state index in [-0.39, 0.29) is 30.7 Å². The van der Waals surface area contributed by atoms with E-state index in [1.165, 1.54) is 0 Å². The Labute approximate surface area is 155 Å². The van der Waals surface area contributed by atoms with Crippen LogP contribution in [0.2, 0.25) is 0 Å². The second kappa shape index (κ2) is 8.39. The van der Waals surface area contributed by atoms with Crippen LogP contribution in [0.25, 0.3) is 0 Å². The topological polar surface area (TPSA) is 90.6 Å². The number of hydrogen-bond acceptors (Lipinski definition) is 6. The minimum absolute atomic E-state index is 0.0706. The molecule has 10 heteroatoms. The minimum atomic E-state index is -4.48. The summed E-state index contributed by atoms with van der Waals surface area (Å²) in [4.78, 5) is 20.9. The molecule has 1 amide bonds. The largest absolute Gasteiger partial charge is 0.419 e. The molecule has 2 N–H and O–H groups in total. The highest BCUT2D eigenvalue weighted by atomic mass is 19.4. The first-order valence-corrected chi connectivity index (χ1v) is 9.02. The van der Waals surface area contributed by atoms with Crippen LogP contribution >= 0.6 is 0 Å². The Hall–Kier alpha value is -1.94. The van der Waals surface area contributed by atoms with Crippen LogP contribution in [0.4, 0.5) is 19.1 Å². The molecule has 2 saturated heterocycles. The quantitative estimate of drug-likeness (QED) is 0.831. The molecule has 3 heterocycles. The number of alkyl halides is 3. The van der Waals surface area contributed by atoms with Crippen LogP contribution in [0, 0.1) is 5.92 Å². The summed E-state index contributed by atoms with van der Waals surface area (Å²) in [5, 5.41) is 0. The van der Waals surface area contributed by atoms with E-state index in [9.17, 15) is 18.0 Å². The fourth-order valence-electron chi connectivity index (χ4n) is 3.44. The summed E-state index contributed by atoms with van der Waals surface area (Å²) in [7, 11) is 0. The van der Waals surface area contributed by atoms with Gasteiger partial charge in [-0.05, 0) is 31.6 Å². The number of piperidine rings is 1. The molecular weight excluding hydrogens is 365 g/mol. The third-order valence-corrected chi connectivity index (χ3v) is 4.87. The van der Waals surface area contributed by atoms with Gasteiger partial charge in [-0.3, -0.25) is 4.79 Å². The summed E-state index contributed by atoms with van der Waals surface area (Å²) in [5.41, 5.74) is 4.46.